The van der Waals surface area contributed by atoms with Crippen LogP contribution in [-0.4, -0.2) is 20.0 Å². The summed E-state index contributed by atoms with van der Waals surface area (Å²) in [6, 6.07) is 0. The fourth-order valence-electron chi connectivity index (χ4n) is 2.49. The van der Waals surface area contributed by atoms with E-state index in [2.05, 4.69) is 11.8 Å². The third kappa shape index (κ3) is 1.75. The summed E-state index contributed by atoms with van der Waals surface area (Å²) in [4.78, 5) is -2.35. The Morgan fingerprint density at radius 3 is 2.11 bits per heavy atom. The molecule has 0 aromatic heterocycles. The first kappa shape index (κ1) is 15.7. The summed E-state index contributed by atoms with van der Waals surface area (Å²) in [7, 11) is 0. The van der Waals surface area contributed by atoms with Crippen molar-refractivity contribution in [2.45, 2.75) is 26.9 Å². The van der Waals surface area contributed by atoms with Crippen LogP contribution >= 0.6 is 81.2 Å². The fourth-order valence-corrected chi connectivity index (χ4v) is 5.43. The van der Waals surface area contributed by atoms with E-state index in [0.29, 0.717) is 12.8 Å². The predicted molar refractivity (Wildman–Crippen MR) is 81.6 cm³/mol. The molecule has 0 aromatic rings. The number of fused-ring (bicyclic) bond motifs is 2. The van der Waals surface area contributed by atoms with E-state index in [1.807, 2.05) is 0 Å². The molecule has 0 saturated heterocycles. The molecule has 0 radical (unpaired) electrons. The van der Waals surface area contributed by atoms with Crippen molar-refractivity contribution < 1.29 is 0 Å². The second-order valence-electron chi connectivity index (χ2n) is 4.31. The smallest absolute Gasteiger partial charge is 0.113 e. The van der Waals surface area contributed by atoms with E-state index >= 15 is 0 Å². The molecule has 100 valence electrons. The second kappa shape index (κ2) is 4.96. The molecule has 1 fully saturated rings. The van der Waals surface area contributed by atoms with Crippen LogP contribution in [0.1, 0.15) is 12.8 Å². The molecule has 2 rings (SSSR count). The van der Waals surface area contributed by atoms with E-state index < -0.39 is 14.1 Å². The van der Waals surface area contributed by atoms with Gasteiger partial charge in [-0.3, -0.25) is 0 Å². The zero-order chi connectivity index (χ0) is 13.8. The minimum absolute atomic E-state index is 0.169. The lowest BCUT2D eigenvalue weighted by Gasteiger charge is -2.33. The van der Waals surface area contributed by atoms with Crippen LogP contribution in [0.15, 0.2) is 10.1 Å². The zero-order valence-electron chi connectivity index (χ0n) is 8.84. The van der Waals surface area contributed by atoms with Gasteiger partial charge in [0, 0.05) is 6.42 Å². The lowest BCUT2D eigenvalue weighted by molar-refractivity contribution is 0.476. The van der Waals surface area contributed by atoms with E-state index in [-0.39, 0.29) is 21.9 Å². The molecular weight excluding hydrogens is 380 g/mol. The third-order valence-electron chi connectivity index (χ3n) is 3.45. The van der Waals surface area contributed by atoms with Crippen molar-refractivity contribution in [3.63, 3.8) is 0 Å². The average Bonchev–Trinajstić information content (AvgIpc) is 2.52. The van der Waals surface area contributed by atoms with Crippen LogP contribution in [0.2, 0.25) is 0 Å². The molecule has 1 saturated carbocycles. The van der Waals surface area contributed by atoms with Gasteiger partial charge in [0.05, 0.1) is 15.9 Å². The first-order valence-electron chi connectivity index (χ1n) is 5.07. The zero-order valence-corrected chi connectivity index (χ0v) is 14.1. The summed E-state index contributed by atoms with van der Waals surface area (Å²) >= 11 is 43.4. The topological polar surface area (TPSA) is 0 Å². The van der Waals surface area contributed by atoms with Gasteiger partial charge in [0.2, 0.25) is 0 Å². The van der Waals surface area contributed by atoms with Crippen molar-refractivity contribution in [3.8, 4) is 11.8 Å². The molecule has 7 heteroatoms. The highest BCUT2D eigenvalue weighted by Gasteiger charge is 2.77. The monoisotopic (exact) mass is 384 g/mol. The number of allylic oxidation sites excluding steroid dienone is 2. The minimum Gasteiger partial charge on any atom is -0.113 e. The maximum Gasteiger partial charge on any atom is 0.166 e. The lowest BCUT2D eigenvalue weighted by Crippen LogP contribution is -2.44. The van der Waals surface area contributed by atoms with Gasteiger partial charge in [0.15, 0.2) is 4.33 Å². The summed E-state index contributed by atoms with van der Waals surface area (Å²) < 4.78 is -1.45. The summed E-state index contributed by atoms with van der Waals surface area (Å²) in [5.74, 6) is 5.75. The SMILES string of the molecule is ClCC#CC[C@@H]1C[C@]2(Cl)C(Cl)=C(Cl)[C@@]1(Cl)C2(Cl)Cl. The third-order valence-corrected chi connectivity index (χ3v) is 7.90. The number of hydrogen-bond acceptors (Lipinski definition) is 0. The average molecular weight is 387 g/mol. The minimum atomic E-state index is -1.45. The van der Waals surface area contributed by atoms with Gasteiger partial charge in [-0.2, -0.15) is 0 Å². The number of rotatable bonds is 1. The fraction of sp³-hybridized carbons (Fsp3) is 0.636. The highest BCUT2D eigenvalue weighted by molar-refractivity contribution is 6.65. The molecule has 2 aliphatic carbocycles. The van der Waals surface area contributed by atoms with Crippen molar-refractivity contribution in [3.05, 3.63) is 10.1 Å². The Labute approximate surface area is 141 Å². The van der Waals surface area contributed by atoms with Crippen molar-refractivity contribution in [1.82, 2.24) is 0 Å². The van der Waals surface area contributed by atoms with E-state index in [1.165, 1.54) is 0 Å². The van der Waals surface area contributed by atoms with Crippen LogP contribution in [0.4, 0.5) is 0 Å². The maximum absolute atomic E-state index is 6.55. The lowest BCUT2D eigenvalue weighted by atomic mass is 9.89. The second-order valence-corrected chi connectivity index (χ2v) is 7.90. The standard InChI is InChI=1S/C11H7Cl7/c12-4-2-1-3-6-5-9(15)7(13)8(14)10(6,16)11(9,17)18/h6H,3-5H2/t6-,9+,10-/m1/s1. The molecule has 0 aromatic carbocycles. The Bertz CT molecular complexity index is 472. The first-order chi connectivity index (χ1) is 8.23. The summed E-state index contributed by atoms with van der Waals surface area (Å²) in [5.41, 5.74) is 0. The number of alkyl halides is 5. The molecule has 0 amide bonds. The van der Waals surface area contributed by atoms with Gasteiger partial charge in [0.1, 0.15) is 9.75 Å². The number of hydrogen-bond donors (Lipinski definition) is 0. The van der Waals surface area contributed by atoms with Crippen LogP contribution in [0.3, 0.4) is 0 Å². The summed E-state index contributed by atoms with van der Waals surface area (Å²) in [6.45, 7) is 0. The van der Waals surface area contributed by atoms with E-state index in [9.17, 15) is 0 Å². The largest absolute Gasteiger partial charge is 0.166 e. The van der Waals surface area contributed by atoms with Crippen LogP contribution in [0.25, 0.3) is 0 Å². The highest BCUT2D eigenvalue weighted by atomic mass is 35.5. The molecule has 0 aliphatic heterocycles. The van der Waals surface area contributed by atoms with Gasteiger partial charge in [0.25, 0.3) is 0 Å². The Balaban J connectivity index is 2.43. The summed E-state index contributed by atoms with van der Waals surface area (Å²) in [6.07, 6.45) is 0.892. The molecule has 2 aliphatic rings. The molecule has 0 unspecified atom stereocenters. The van der Waals surface area contributed by atoms with Crippen LogP contribution in [0, 0.1) is 17.8 Å². The van der Waals surface area contributed by atoms with Crippen molar-refractivity contribution >= 4 is 81.2 Å². The van der Waals surface area contributed by atoms with E-state index in [1.54, 1.807) is 0 Å². The molecule has 0 spiro atoms. The Kier molecular flexibility index (Phi) is 4.33. The van der Waals surface area contributed by atoms with Crippen molar-refractivity contribution in [2.24, 2.45) is 5.92 Å². The molecule has 0 N–H and O–H groups in total. The first-order valence-corrected chi connectivity index (χ1v) is 7.87. The van der Waals surface area contributed by atoms with Gasteiger partial charge in [-0.15, -0.1) is 40.7 Å². The molecule has 0 nitrogen and oxygen atoms in total. The van der Waals surface area contributed by atoms with E-state index in [0.717, 1.165) is 0 Å². The van der Waals surface area contributed by atoms with E-state index in [4.69, 9.17) is 81.2 Å². The Morgan fingerprint density at radius 2 is 1.67 bits per heavy atom. The highest BCUT2D eigenvalue weighted by Crippen LogP contribution is 2.74. The van der Waals surface area contributed by atoms with Gasteiger partial charge < -0.3 is 0 Å². The van der Waals surface area contributed by atoms with Crippen LogP contribution in [0.5, 0.6) is 0 Å². The Hall–Kier alpha value is 1.33. The summed E-state index contributed by atoms with van der Waals surface area (Å²) in [5, 5.41) is 0.446. The van der Waals surface area contributed by atoms with Crippen molar-refractivity contribution in [1.29, 1.82) is 0 Å². The normalized spacial score (nSPS) is 40.9. The van der Waals surface area contributed by atoms with Crippen LogP contribution < -0.4 is 0 Å². The molecular formula is C11H7Cl7. The predicted octanol–water partition coefficient (Wildman–Crippen LogP) is 5.47. The molecule has 2 bridgehead atoms. The maximum atomic E-state index is 6.55. The van der Waals surface area contributed by atoms with Crippen molar-refractivity contribution in [2.75, 3.05) is 5.88 Å². The van der Waals surface area contributed by atoms with Gasteiger partial charge in [-0.05, 0) is 12.3 Å². The van der Waals surface area contributed by atoms with Gasteiger partial charge >= 0.3 is 0 Å². The van der Waals surface area contributed by atoms with Crippen LogP contribution in [-0.2, 0) is 0 Å². The molecule has 18 heavy (non-hydrogen) atoms. The van der Waals surface area contributed by atoms with Gasteiger partial charge in [-0.1, -0.05) is 52.3 Å². The molecule has 3 atom stereocenters. The molecule has 0 heterocycles. The quantitative estimate of drug-likeness (QED) is 0.413. The Morgan fingerprint density at radius 1 is 1.06 bits per heavy atom. The number of halogens is 7. The van der Waals surface area contributed by atoms with Gasteiger partial charge in [-0.25, -0.2) is 0 Å².